The first kappa shape index (κ1) is 14.2. The molecule has 3 atom stereocenters. The topological polar surface area (TPSA) is 55.1 Å². The monoisotopic (exact) mass is 238 g/mol. The minimum Gasteiger partial charge on any atom is -0.353 e. The van der Waals surface area contributed by atoms with Crippen molar-refractivity contribution in [2.24, 2.45) is 11.7 Å². The average molecular weight is 238 g/mol. The van der Waals surface area contributed by atoms with Crippen LogP contribution in [0.4, 0.5) is 0 Å². The summed E-state index contributed by atoms with van der Waals surface area (Å²) in [6.07, 6.45) is 10.7. The summed E-state index contributed by atoms with van der Waals surface area (Å²) < 4.78 is 0. The van der Waals surface area contributed by atoms with E-state index < -0.39 is 0 Å². The van der Waals surface area contributed by atoms with Crippen molar-refractivity contribution in [2.75, 3.05) is 0 Å². The molecular formula is C14H26N2O. The van der Waals surface area contributed by atoms with Crippen LogP contribution in [0.15, 0.2) is 12.2 Å². The van der Waals surface area contributed by atoms with Gasteiger partial charge in [0.15, 0.2) is 0 Å². The summed E-state index contributed by atoms with van der Waals surface area (Å²) >= 11 is 0. The SMILES string of the molecule is CCCCCCC(C)NC(=O)C1C=CC(N)C1. The van der Waals surface area contributed by atoms with E-state index in [0.717, 1.165) is 12.8 Å². The first-order valence-electron chi connectivity index (χ1n) is 6.87. The van der Waals surface area contributed by atoms with Gasteiger partial charge in [0.05, 0.1) is 5.92 Å². The number of rotatable bonds is 7. The summed E-state index contributed by atoms with van der Waals surface area (Å²) in [7, 11) is 0. The van der Waals surface area contributed by atoms with E-state index >= 15 is 0 Å². The first-order valence-corrected chi connectivity index (χ1v) is 6.87. The van der Waals surface area contributed by atoms with E-state index in [1.807, 2.05) is 12.2 Å². The standard InChI is InChI=1S/C14H26N2O/c1-3-4-5-6-7-11(2)16-14(17)12-8-9-13(15)10-12/h8-9,11-13H,3-7,10,15H2,1-2H3,(H,16,17). The molecule has 0 bridgehead atoms. The maximum absolute atomic E-state index is 11.9. The molecule has 1 aliphatic rings. The van der Waals surface area contributed by atoms with E-state index in [-0.39, 0.29) is 23.9 Å². The highest BCUT2D eigenvalue weighted by atomic mass is 16.1. The lowest BCUT2D eigenvalue weighted by Gasteiger charge is -2.16. The van der Waals surface area contributed by atoms with Crippen molar-refractivity contribution in [3.63, 3.8) is 0 Å². The van der Waals surface area contributed by atoms with Gasteiger partial charge in [-0.1, -0.05) is 44.8 Å². The zero-order valence-electron chi connectivity index (χ0n) is 11.1. The van der Waals surface area contributed by atoms with Crippen LogP contribution in [0.1, 0.15) is 52.4 Å². The van der Waals surface area contributed by atoms with Gasteiger partial charge in [-0.15, -0.1) is 0 Å². The molecule has 0 aromatic rings. The van der Waals surface area contributed by atoms with Crippen molar-refractivity contribution >= 4 is 5.91 Å². The highest BCUT2D eigenvalue weighted by Gasteiger charge is 2.23. The Morgan fingerprint density at radius 3 is 2.76 bits per heavy atom. The number of amides is 1. The molecule has 0 aromatic carbocycles. The molecule has 0 aliphatic heterocycles. The second-order valence-corrected chi connectivity index (χ2v) is 5.15. The molecule has 0 heterocycles. The average Bonchev–Trinajstić information content (AvgIpc) is 2.71. The van der Waals surface area contributed by atoms with Crippen LogP contribution in [0.5, 0.6) is 0 Å². The van der Waals surface area contributed by atoms with E-state index in [4.69, 9.17) is 5.73 Å². The Morgan fingerprint density at radius 2 is 2.18 bits per heavy atom. The fourth-order valence-corrected chi connectivity index (χ4v) is 2.22. The third kappa shape index (κ3) is 5.35. The van der Waals surface area contributed by atoms with Gasteiger partial charge in [0, 0.05) is 12.1 Å². The van der Waals surface area contributed by atoms with Gasteiger partial charge in [0.2, 0.25) is 5.91 Å². The molecule has 0 saturated heterocycles. The van der Waals surface area contributed by atoms with E-state index in [2.05, 4.69) is 19.2 Å². The summed E-state index contributed by atoms with van der Waals surface area (Å²) in [5, 5.41) is 3.07. The number of carbonyl (C=O) groups excluding carboxylic acids is 1. The number of hydrogen-bond acceptors (Lipinski definition) is 2. The van der Waals surface area contributed by atoms with Crippen molar-refractivity contribution in [3.8, 4) is 0 Å². The third-order valence-corrected chi connectivity index (χ3v) is 3.33. The lowest BCUT2D eigenvalue weighted by atomic mass is 10.0. The van der Waals surface area contributed by atoms with Crippen LogP contribution < -0.4 is 11.1 Å². The fourth-order valence-electron chi connectivity index (χ4n) is 2.22. The van der Waals surface area contributed by atoms with Crippen LogP contribution in [0.2, 0.25) is 0 Å². The predicted molar refractivity (Wildman–Crippen MR) is 71.6 cm³/mol. The Kier molecular flexibility index (Phi) is 6.27. The first-order chi connectivity index (χ1) is 8.13. The van der Waals surface area contributed by atoms with Gasteiger partial charge in [-0.3, -0.25) is 4.79 Å². The van der Waals surface area contributed by atoms with Gasteiger partial charge in [-0.05, 0) is 19.8 Å². The van der Waals surface area contributed by atoms with Crippen molar-refractivity contribution in [2.45, 2.75) is 64.5 Å². The zero-order valence-corrected chi connectivity index (χ0v) is 11.1. The highest BCUT2D eigenvalue weighted by Crippen LogP contribution is 2.16. The van der Waals surface area contributed by atoms with Gasteiger partial charge < -0.3 is 11.1 Å². The lowest BCUT2D eigenvalue weighted by Crippen LogP contribution is -2.37. The molecule has 0 saturated carbocycles. The second kappa shape index (κ2) is 7.49. The highest BCUT2D eigenvalue weighted by molar-refractivity contribution is 5.81. The molecule has 1 rings (SSSR count). The molecule has 3 unspecified atom stereocenters. The maximum atomic E-state index is 11.9. The number of hydrogen-bond donors (Lipinski definition) is 2. The molecule has 0 aromatic heterocycles. The van der Waals surface area contributed by atoms with Crippen molar-refractivity contribution in [1.82, 2.24) is 5.32 Å². The maximum Gasteiger partial charge on any atom is 0.227 e. The largest absolute Gasteiger partial charge is 0.353 e. The van der Waals surface area contributed by atoms with Crippen LogP contribution in [-0.4, -0.2) is 18.0 Å². The summed E-state index contributed by atoms with van der Waals surface area (Å²) in [6.45, 7) is 4.29. The molecule has 1 aliphatic carbocycles. The fraction of sp³-hybridized carbons (Fsp3) is 0.786. The van der Waals surface area contributed by atoms with Crippen LogP contribution in [0.25, 0.3) is 0 Å². The number of nitrogens with two attached hydrogens (primary N) is 1. The molecule has 1 amide bonds. The van der Waals surface area contributed by atoms with Crippen molar-refractivity contribution in [3.05, 3.63) is 12.2 Å². The minimum absolute atomic E-state index is 0.0110. The van der Waals surface area contributed by atoms with Gasteiger partial charge in [0.25, 0.3) is 0 Å². The Balaban J connectivity index is 2.15. The Morgan fingerprint density at radius 1 is 1.41 bits per heavy atom. The van der Waals surface area contributed by atoms with Crippen LogP contribution in [0.3, 0.4) is 0 Å². The molecule has 3 nitrogen and oxygen atoms in total. The normalized spacial score (nSPS) is 24.9. The molecule has 0 fully saturated rings. The molecular weight excluding hydrogens is 212 g/mol. The second-order valence-electron chi connectivity index (χ2n) is 5.15. The minimum atomic E-state index is -0.0110. The van der Waals surface area contributed by atoms with Crippen LogP contribution in [0, 0.1) is 5.92 Å². The predicted octanol–water partition coefficient (Wildman–Crippen LogP) is 2.36. The Hall–Kier alpha value is -0.830. The van der Waals surface area contributed by atoms with E-state index in [1.165, 1.54) is 25.7 Å². The molecule has 0 radical (unpaired) electrons. The van der Waals surface area contributed by atoms with E-state index in [9.17, 15) is 4.79 Å². The quantitative estimate of drug-likeness (QED) is 0.528. The summed E-state index contributed by atoms with van der Waals surface area (Å²) in [5.74, 6) is 0.125. The van der Waals surface area contributed by atoms with Gasteiger partial charge >= 0.3 is 0 Å². The van der Waals surface area contributed by atoms with E-state index in [0.29, 0.717) is 0 Å². The summed E-state index contributed by atoms with van der Waals surface area (Å²) in [6, 6.07) is 0.343. The Labute approximate surface area is 105 Å². The van der Waals surface area contributed by atoms with Gasteiger partial charge in [-0.25, -0.2) is 0 Å². The third-order valence-electron chi connectivity index (χ3n) is 3.33. The van der Waals surface area contributed by atoms with Crippen LogP contribution in [-0.2, 0) is 4.79 Å². The molecule has 0 spiro atoms. The van der Waals surface area contributed by atoms with E-state index in [1.54, 1.807) is 0 Å². The number of unbranched alkanes of at least 4 members (excludes halogenated alkanes) is 3. The molecule has 17 heavy (non-hydrogen) atoms. The van der Waals surface area contributed by atoms with Crippen molar-refractivity contribution in [1.29, 1.82) is 0 Å². The Bertz CT molecular complexity index is 263. The van der Waals surface area contributed by atoms with Gasteiger partial charge in [-0.2, -0.15) is 0 Å². The molecule has 3 N–H and O–H groups in total. The number of nitrogens with one attached hydrogen (secondary N) is 1. The lowest BCUT2D eigenvalue weighted by molar-refractivity contribution is -0.124. The molecule has 3 heteroatoms. The zero-order chi connectivity index (χ0) is 12.7. The smallest absolute Gasteiger partial charge is 0.227 e. The van der Waals surface area contributed by atoms with Crippen LogP contribution >= 0.6 is 0 Å². The van der Waals surface area contributed by atoms with Crippen molar-refractivity contribution < 1.29 is 4.79 Å². The summed E-state index contributed by atoms with van der Waals surface area (Å²) in [4.78, 5) is 11.9. The number of carbonyl (C=O) groups is 1. The van der Waals surface area contributed by atoms with Gasteiger partial charge in [0.1, 0.15) is 0 Å². The summed E-state index contributed by atoms with van der Waals surface area (Å²) in [5.41, 5.74) is 5.74. The molecule has 98 valence electrons.